The molecular formula is C18H19N3OS. The summed E-state index contributed by atoms with van der Waals surface area (Å²) in [7, 11) is 0. The van der Waals surface area contributed by atoms with Crippen LogP contribution in [-0.2, 0) is 17.6 Å². The van der Waals surface area contributed by atoms with Gasteiger partial charge in [-0.25, -0.2) is 4.98 Å². The van der Waals surface area contributed by atoms with Crippen molar-refractivity contribution in [3.05, 3.63) is 41.7 Å². The number of nitrogens with zero attached hydrogens (tertiary/aromatic N) is 2. The van der Waals surface area contributed by atoms with Gasteiger partial charge < -0.3 is 5.32 Å². The highest BCUT2D eigenvalue weighted by Gasteiger charge is 2.21. The molecule has 0 unspecified atom stereocenters. The Morgan fingerprint density at radius 2 is 2.09 bits per heavy atom. The molecule has 1 heterocycles. The van der Waals surface area contributed by atoms with E-state index in [2.05, 4.69) is 27.9 Å². The van der Waals surface area contributed by atoms with Crippen molar-refractivity contribution >= 4 is 17.7 Å². The molecule has 118 valence electrons. The molecule has 0 saturated heterocycles. The Kier molecular flexibility index (Phi) is 5.04. The second-order valence-electron chi connectivity index (χ2n) is 5.44. The summed E-state index contributed by atoms with van der Waals surface area (Å²) in [5.41, 5.74) is 3.57. The summed E-state index contributed by atoms with van der Waals surface area (Å²) in [4.78, 5) is 16.6. The molecule has 0 atom stereocenters. The van der Waals surface area contributed by atoms with Crippen molar-refractivity contribution in [3.8, 4) is 18.0 Å². The molecule has 0 saturated carbocycles. The Morgan fingerprint density at radius 3 is 2.87 bits per heavy atom. The lowest BCUT2D eigenvalue weighted by Gasteiger charge is -2.15. The van der Waals surface area contributed by atoms with Gasteiger partial charge >= 0.3 is 0 Å². The number of carbonyl (C=O) groups excluding carboxylic acids is 1. The van der Waals surface area contributed by atoms with Gasteiger partial charge in [-0.15, -0.1) is 6.42 Å². The first kappa shape index (κ1) is 15.7. The lowest BCUT2D eigenvalue weighted by atomic mass is 10.0. The summed E-state index contributed by atoms with van der Waals surface area (Å²) >= 11 is 1.47. The van der Waals surface area contributed by atoms with Crippen molar-refractivity contribution in [3.63, 3.8) is 0 Å². The van der Waals surface area contributed by atoms with Crippen LogP contribution in [0.15, 0.2) is 35.5 Å². The van der Waals surface area contributed by atoms with Crippen molar-refractivity contribution in [2.45, 2.75) is 30.8 Å². The van der Waals surface area contributed by atoms with Gasteiger partial charge in [0.25, 0.3) is 0 Å². The lowest BCUT2D eigenvalue weighted by molar-refractivity contribution is -0.118. The van der Waals surface area contributed by atoms with Crippen LogP contribution in [0.5, 0.6) is 0 Å². The van der Waals surface area contributed by atoms with E-state index in [1.54, 1.807) is 0 Å². The van der Waals surface area contributed by atoms with Crippen molar-refractivity contribution < 1.29 is 4.79 Å². The van der Waals surface area contributed by atoms with Crippen LogP contribution >= 0.6 is 11.8 Å². The maximum absolute atomic E-state index is 11.8. The van der Waals surface area contributed by atoms with Crippen LogP contribution in [0.25, 0.3) is 5.69 Å². The number of carbonyl (C=O) groups is 1. The Morgan fingerprint density at radius 1 is 1.30 bits per heavy atom. The number of thioether (sulfide) groups is 1. The van der Waals surface area contributed by atoms with Crippen molar-refractivity contribution in [1.82, 2.24) is 14.9 Å². The van der Waals surface area contributed by atoms with E-state index in [9.17, 15) is 4.79 Å². The number of hydrogen-bond donors (Lipinski definition) is 1. The second-order valence-corrected chi connectivity index (χ2v) is 6.38. The zero-order valence-corrected chi connectivity index (χ0v) is 13.7. The van der Waals surface area contributed by atoms with Crippen LogP contribution in [0.4, 0.5) is 0 Å². The van der Waals surface area contributed by atoms with Gasteiger partial charge in [-0.1, -0.05) is 35.9 Å². The van der Waals surface area contributed by atoms with Gasteiger partial charge in [-0.3, -0.25) is 9.36 Å². The molecule has 3 rings (SSSR count). The summed E-state index contributed by atoms with van der Waals surface area (Å²) in [6, 6.07) is 10.2. The molecule has 0 radical (unpaired) electrons. The number of fused-ring (bicyclic) bond motifs is 1. The van der Waals surface area contributed by atoms with E-state index in [1.165, 1.54) is 36.0 Å². The van der Waals surface area contributed by atoms with E-state index >= 15 is 0 Å². The minimum atomic E-state index is -0.0615. The number of amides is 1. The molecule has 1 amide bonds. The average Bonchev–Trinajstić information content (AvgIpc) is 2.97. The highest BCUT2D eigenvalue weighted by atomic mass is 32.2. The fraction of sp³-hybridized carbons (Fsp3) is 0.333. The topological polar surface area (TPSA) is 46.9 Å². The minimum absolute atomic E-state index is 0.0615. The summed E-state index contributed by atoms with van der Waals surface area (Å²) in [5, 5.41) is 3.58. The number of benzene rings is 1. The Hall–Kier alpha value is -2.19. The molecule has 2 aromatic rings. The van der Waals surface area contributed by atoms with Gasteiger partial charge in [0.05, 0.1) is 18.0 Å². The van der Waals surface area contributed by atoms with Gasteiger partial charge in [0.15, 0.2) is 5.16 Å². The Balaban J connectivity index is 1.86. The molecule has 1 aliphatic carbocycles. The van der Waals surface area contributed by atoms with Gasteiger partial charge in [0, 0.05) is 11.4 Å². The van der Waals surface area contributed by atoms with Gasteiger partial charge in [0.1, 0.15) is 0 Å². The van der Waals surface area contributed by atoms with Crippen LogP contribution in [-0.4, -0.2) is 27.8 Å². The normalized spacial score (nSPS) is 13.2. The number of rotatable bonds is 5. The Labute approximate surface area is 140 Å². The van der Waals surface area contributed by atoms with Crippen LogP contribution in [0.2, 0.25) is 0 Å². The number of para-hydroxylation sites is 1. The molecule has 5 heteroatoms. The van der Waals surface area contributed by atoms with E-state index in [1.807, 2.05) is 18.2 Å². The summed E-state index contributed by atoms with van der Waals surface area (Å²) in [6.45, 7) is 0.267. The zero-order valence-electron chi connectivity index (χ0n) is 12.9. The van der Waals surface area contributed by atoms with Crippen molar-refractivity contribution in [1.29, 1.82) is 0 Å². The highest BCUT2D eigenvalue weighted by Crippen LogP contribution is 2.30. The van der Waals surface area contributed by atoms with Crippen molar-refractivity contribution in [2.75, 3.05) is 12.3 Å². The molecule has 1 aliphatic rings. The van der Waals surface area contributed by atoms with Crippen LogP contribution < -0.4 is 5.32 Å². The first-order valence-corrected chi connectivity index (χ1v) is 8.77. The van der Waals surface area contributed by atoms with E-state index in [0.29, 0.717) is 5.75 Å². The number of hydrogen-bond acceptors (Lipinski definition) is 3. The third-order valence-electron chi connectivity index (χ3n) is 3.84. The summed E-state index contributed by atoms with van der Waals surface area (Å²) in [6.07, 6.45) is 9.60. The monoisotopic (exact) mass is 325 g/mol. The van der Waals surface area contributed by atoms with Gasteiger partial charge in [0.2, 0.25) is 5.91 Å². The molecule has 0 spiro atoms. The molecule has 4 nitrogen and oxygen atoms in total. The Bertz CT molecular complexity index is 731. The molecule has 0 bridgehead atoms. The van der Waals surface area contributed by atoms with Crippen LogP contribution in [0.1, 0.15) is 24.2 Å². The first-order valence-electron chi connectivity index (χ1n) is 7.78. The van der Waals surface area contributed by atoms with E-state index in [-0.39, 0.29) is 12.5 Å². The first-order chi connectivity index (χ1) is 11.3. The van der Waals surface area contributed by atoms with E-state index < -0.39 is 0 Å². The SMILES string of the molecule is C#CCNC(=O)CSc1nc2c(n1-c1ccccc1)CCCC2. The molecule has 0 fully saturated rings. The number of nitrogens with one attached hydrogen (secondary N) is 1. The summed E-state index contributed by atoms with van der Waals surface area (Å²) < 4.78 is 2.20. The second kappa shape index (κ2) is 7.38. The quantitative estimate of drug-likeness (QED) is 0.679. The van der Waals surface area contributed by atoms with E-state index in [0.717, 1.165) is 23.7 Å². The fourth-order valence-corrected chi connectivity index (χ4v) is 3.67. The average molecular weight is 325 g/mol. The van der Waals surface area contributed by atoms with E-state index in [4.69, 9.17) is 11.4 Å². The third kappa shape index (κ3) is 3.59. The molecule has 0 aliphatic heterocycles. The summed E-state index contributed by atoms with van der Waals surface area (Å²) in [5.74, 6) is 2.67. The number of terminal acetylenes is 1. The number of aromatic nitrogens is 2. The van der Waals surface area contributed by atoms with Gasteiger partial charge in [-0.2, -0.15) is 0 Å². The fourth-order valence-electron chi connectivity index (χ4n) is 2.79. The molecule has 1 aromatic carbocycles. The smallest absolute Gasteiger partial charge is 0.231 e. The molecule has 23 heavy (non-hydrogen) atoms. The maximum atomic E-state index is 11.8. The number of imidazole rings is 1. The lowest BCUT2D eigenvalue weighted by Crippen LogP contribution is -2.25. The predicted molar refractivity (Wildman–Crippen MR) is 92.8 cm³/mol. The predicted octanol–water partition coefficient (Wildman–Crippen LogP) is 2.59. The van der Waals surface area contributed by atoms with Gasteiger partial charge in [-0.05, 0) is 37.8 Å². The maximum Gasteiger partial charge on any atom is 0.231 e. The number of aryl methyl sites for hydroxylation is 1. The molecule has 1 aromatic heterocycles. The zero-order chi connectivity index (χ0) is 16.1. The molecular weight excluding hydrogens is 306 g/mol. The van der Waals surface area contributed by atoms with Crippen LogP contribution in [0.3, 0.4) is 0 Å². The van der Waals surface area contributed by atoms with Crippen molar-refractivity contribution in [2.24, 2.45) is 0 Å². The van der Waals surface area contributed by atoms with Crippen LogP contribution in [0, 0.1) is 12.3 Å². The molecule has 1 N–H and O–H groups in total. The minimum Gasteiger partial charge on any atom is -0.344 e. The largest absolute Gasteiger partial charge is 0.344 e. The highest BCUT2D eigenvalue weighted by molar-refractivity contribution is 7.99. The third-order valence-corrected chi connectivity index (χ3v) is 4.78. The standard InChI is InChI=1S/C18H19N3OS/c1-2-12-19-17(22)13-23-18-20-15-10-6-7-11-16(15)21(18)14-8-4-3-5-9-14/h1,3-5,8-9H,6-7,10-13H2,(H,19,22).